The lowest BCUT2D eigenvalue weighted by Gasteiger charge is -2.36. The number of aromatic carboxylic acids is 1. The molecular weight excluding hydrogens is 300 g/mol. The number of hydrogen-bond acceptors (Lipinski definition) is 6. The van der Waals surface area contributed by atoms with Crippen LogP contribution in [-0.4, -0.2) is 53.7 Å². The van der Waals surface area contributed by atoms with E-state index in [0.29, 0.717) is 18.0 Å². The number of hydrogen-bond donors (Lipinski definition) is 1. The summed E-state index contributed by atoms with van der Waals surface area (Å²) in [6.45, 7) is 2.11. The van der Waals surface area contributed by atoms with Crippen LogP contribution in [0.2, 0.25) is 0 Å². The lowest BCUT2D eigenvalue weighted by Crippen LogP contribution is -2.48. The van der Waals surface area contributed by atoms with Crippen molar-refractivity contribution in [2.75, 3.05) is 28.7 Å². The molecule has 1 N–H and O–H groups in total. The first kappa shape index (κ1) is 15.1. The summed E-state index contributed by atoms with van der Waals surface area (Å²) < 4.78 is 24.4. The first-order chi connectivity index (χ1) is 9.47. The van der Waals surface area contributed by atoms with E-state index in [0.717, 1.165) is 5.75 Å². The van der Waals surface area contributed by atoms with Gasteiger partial charge in [0.05, 0.1) is 17.4 Å². The molecule has 0 spiro atoms. The maximum absolute atomic E-state index is 12.2. The Labute approximate surface area is 122 Å². The van der Waals surface area contributed by atoms with Gasteiger partial charge in [0.15, 0.2) is 9.84 Å². The van der Waals surface area contributed by atoms with Crippen LogP contribution >= 0.6 is 11.8 Å². The second kappa shape index (κ2) is 6.01. The molecule has 0 bridgehead atoms. The van der Waals surface area contributed by atoms with Crippen molar-refractivity contribution < 1.29 is 18.3 Å². The van der Waals surface area contributed by atoms with Gasteiger partial charge in [-0.05, 0) is 6.07 Å². The molecule has 110 valence electrons. The van der Waals surface area contributed by atoms with E-state index in [1.807, 2.05) is 0 Å². The maximum atomic E-state index is 12.2. The van der Waals surface area contributed by atoms with Gasteiger partial charge in [0.2, 0.25) is 0 Å². The highest BCUT2D eigenvalue weighted by molar-refractivity contribution is 8.01. The van der Waals surface area contributed by atoms with Gasteiger partial charge in [-0.15, -0.1) is 0 Å². The van der Waals surface area contributed by atoms with Crippen molar-refractivity contribution in [1.29, 1.82) is 0 Å². The third kappa shape index (κ3) is 2.90. The van der Waals surface area contributed by atoms with Crippen molar-refractivity contribution in [2.45, 2.75) is 12.3 Å². The quantitative estimate of drug-likeness (QED) is 0.889. The molecule has 0 aliphatic carbocycles. The zero-order valence-electron chi connectivity index (χ0n) is 11.0. The predicted octanol–water partition coefficient (Wildman–Crippen LogP) is 1.09. The summed E-state index contributed by atoms with van der Waals surface area (Å²) in [5.74, 6) is 0.179. The van der Waals surface area contributed by atoms with Crippen molar-refractivity contribution >= 4 is 33.3 Å². The Bertz CT molecular complexity index is 603. The molecule has 20 heavy (non-hydrogen) atoms. The molecule has 2 rings (SSSR count). The van der Waals surface area contributed by atoms with Gasteiger partial charge in [-0.25, -0.2) is 13.2 Å². The molecule has 6 nitrogen and oxygen atoms in total. The van der Waals surface area contributed by atoms with Crippen LogP contribution in [0, 0.1) is 0 Å². The smallest absolute Gasteiger partial charge is 0.337 e. The van der Waals surface area contributed by atoms with Crippen molar-refractivity contribution in [3.8, 4) is 0 Å². The zero-order valence-corrected chi connectivity index (χ0v) is 12.7. The predicted molar refractivity (Wildman–Crippen MR) is 79.1 cm³/mol. The molecule has 0 radical (unpaired) electrons. The number of rotatable bonds is 4. The number of thioether (sulfide) groups is 1. The minimum absolute atomic E-state index is 0.0391. The summed E-state index contributed by atoms with van der Waals surface area (Å²) in [5.41, 5.74) is 0.463. The molecule has 1 atom stereocenters. The summed E-state index contributed by atoms with van der Waals surface area (Å²) in [7, 11) is -3.28. The van der Waals surface area contributed by atoms with Crippen LogP contribution in [0.4, 0.5) is 5.69 Å². The number of sulfone groups is 1. The topological polar surface area (TPSA) is 87.6 Å². The Kier molecular flexibility index (Phi) is 4.54. The first-order valence-corrected chi connectivity index (χ1v) is 9.07. The fourth-order valence-electron chi connectivity index (χ4n) is 2.14. The van der Waals surface area contributed by atoms with Gasteiger partial charge in [-0.2, -0.15) is 11.8 Å². The van der Waals surface area contributed by atoms with Crippen molar-refractivity contribution in [3.63, 3.8) is 0 Å². The Morgan fingerprint density at radius 3 is 3.00 bits per heavy atom. The minimum Gasteiger partial charge on any atom is -0.478 e. The highest BCUT2D eigenvalue weighted by Gasteiger charge is 2.34. The maximum Gasteiger partial charge on any atom is 0.337 e. The van der Waals surface area contributed by atoms with E-state index >= 15 is 0 Å². The molecule has 0 saturated carbocycles. The van der Waals surface area contributed by atoms with Crippen LogP contribution < -0.4 is 4.90 Å². The molecule has 1 fully saturated rings. The Balaban J connectivity index is 2.46. The summed E-state index contributed by atoms with van der Waals surface area (Å²) in [6.07, 6.45) is 2.83. The number of carboxylic acid groups (broad SMARTS) is 1. The summed E-state index contributed by atoms with van der Waals surface area (Å²) in [6, 6.07) is 1.40. The molecule has 1 aliphatic heterocycles. The van der Waals surface area contributed by atoms with Gasteiger partial charge in [0.1, 0.15) is 5.37 Å². The molecule has 1 aliphatic rings. The first-order valence-electron chi connectivity index (χ1n) is 6.20. The number of pyridine rings is 1. The normalized spacial score (nSPS) is 19.9. The lowest BCUT2D eigenvalue weighted by molar-refractivity contribution is 0.0697. The molecule has 8 heteroatoms. The summed E-state index contributed by atoms with van der Waals surface area (Å²) >= 11 is 1.57. The highest BCUT2D eigenvalue weighted by atomic mass is 32.2. The Hall–Kier alpha value is -1.28. The monoisotopic (exact) mass is 316 g/mol. The van der Waals surface area contributed by atoms with E-state index < -0.39 is 21.2 Å². The number of carboxylic acids is 1. The SMILES string of the molecule is CCS(=O)(=O)C1CSCCN1c1cnccc1C(=O)O. The van der Waals surface area contributed by atoms with Crippen LogP contribution in [0.25, 0.3) is 0 Å². The molecule has 1 aromatic rings. The van der Waals surface area contributed by atoms with E-state index in [2.05, 4.69) is 4.98 Å². The zero-order chi connectivity index (χ0) is 14.8. The van der Waals surface area contributed by atoms with Gasteiger partial charge in [0, 0.05) is 30.0 Å². The second-order valence-corrected chi connectivity index (χ2v) is 7.97. The van der Waals surface area contributed by atoms with Gasteiger partial charge >= 0.3 is 5.97 Å². The van der Waals surface area contributed by atoms with Gasteiger partial charge in [0.25, 0.3) is 0 Å². The van der Waals surface area contributed by atoms with Crippen LogP contribution in [0.15, 0.2) is 18.5 Å². The molecule has 2 heterocycles. The van der Waals surface area contributed by atoms with Crippen LogP contribution in [-0.2, 0) is 9.84 Å². The fourth-order valence-corrected chi connectivity index (χ4v) is 5.13. The van der Waals surface area contributed by atoms with Gasteiger partial charge in [-0.3, -0.25) is 4.98 Å². The molecular formula is C12H16N2O4S2. The number of anilines is 1. The number of nitrogens with zero attached hydrogens (tertiary/aromatic N) is 2. The van der Waals surface area contributed by atoms with E-state index in [9.17, 15) is 18.3 Å². The third-order valence-corrected chi connectivity index (χ3v) is 6.53. The molecule has 0 amide bonds. The molecule has 1 aromatic heterocycles. The molecule has 1 unspecified atom stereocenters. The number of carbonyl (C=O) groups is 1. The van der Waals surface area contributed by atoms with Crippen LogP contribution in [0.3, 0.4) is 0 Å². The molecule has 0 aromatic carbocycles. The minimum atomic E-state index is -3.28. The molecule has 1 saturated heterocycles. The van der Waals surface area contributed by atoms with Crippen LogP contribution in [0.5, 0.6) is 0 Å². The van der Waals surface area contributed by atoms with Crippen LogP contribution in [0.1, 0.15) is 17.3 Å². The Morgan fingerprint density at radius 2 is 2.35 bits per heavy atom. The average Bonchev–Trinajstić information content (AvgIpc) is 2.47. The average molecular weight is 316 g/mol. The van der Waals surface area contributed by atoms with E-state index in [1.54, 1.807) is 23.6 Å². The third-order valence-electron chi connectivity index (χ3n) is 3.24. The van der Waals surface area contributed by atoms with Crippen molar-refractivity contribution in [2.24, 2.45) is 0 Å². The lowest BCUT2D eigenvalue weighted by atomic mass is 10.2. The van der Waals surface area contributed by atoms with Crippen molar-refractivity contribution in [1.82, 2.24) is 4.98 Å². The fraction of sp³-hybridized carbons (Fsp3) is 0.500. The second-order valence-electron chi connectivity index (χ2n) is 4.37. The van der Waals surface area contributed by atoms with E-state index in [1.165, 1.54) is 18.5 Å². The summed E-state index contributed by atoms with van der Waals surface area (Å²) in [5, 5.41) is 8.55. The number of aromatic nitrogens is 1. The summed E-state index contributed by atoms with van der Waals surface area (Å²) in [4.78, 5) is 16.9. The van der Waals surface area contributed by atoms with Crippen molar-refractivity contribution in [3.05, 3.63) is 24.0 Å². The van der Waals surface area contributed by atoms with Gasteiger partial charge < -0.3 is 10.0 Å². The standard InChI is InChI=1S/C12H16N2O4S2/c1-2-20(17,18)11-8-19-6-5-14(11)10-7-13-4-3-9(10)12(15)16/h3-4,7,11H,2,5-6,8H2,1H3,(H,15,16). The largest absolute Gasteiger partial charge is 0.478 e. The van der Waals surface area contributed by atoms with E-state index in [-0.39, 0.29) is 11.3 Å². The highest BCUT2D eigenvalue weighted by Crippen LogP contribution is 2.29. The Morgan fingerprint density at radius 1 is 1.60 bits per heavy atom. The van der Waals surface area contributed by atoms with E-state index in [4.69, 9.17) is 0 Å². The van der Waals surface area contributed by atoms with Gasteiger partial charge in [-0.1, -0.05) is 6.92 Å².